The zero-order valence-electron chi connectivity index (χ0n) is 17.8. The van der Waals surface area contributed by atoms with Gasteiger partial charge in [0.1, 0.15) is 30.0 Å². The van der Waals surface area contributed by atoms with Crippen LogP contribution in [0.25, 0.3) is 0 Å². The van der Waals surface area contributed by atoms with Gasteiger partial charge in [0.05, 0.1) is 18.7 Å². The van der Waals surface area contributed by atoms with Crippen LogP contribution in [-0.4, -0.2) is 70.1 Å². The molecule has 0 saturated heterocycles. The molecule has 170 valence electrons. The first-order valence-electron chi connectivity index (χ1n) is 9.48. The summed E-state index contributed by atoms with van der Waals surface area (Å²) in [5.74, 6) is -4.00. The molecule has 0 aliphatic carbocycles. The Morgan fingerprint density at radius 1 is 1.16 bits per heavy atom. The van der Waals surface area contributed by atoms with Gasteiger partial charge in [0.25, 0.3) is 5.91 Å². The second-order valence-corrected chi connectivity index (χ2v) is 7.77. The van der Waals surface area contributed by atoms with Gasteiger partial charge in [-0.25, -0.2) is 0 Å². The Hall–Kier alpha value is -1.66. The van der Waals surface area contributed by atoms with E-state index in [1.54, 1.807) is 13.8 Å². The Morgan fingerprint density at radius 3 is 2.25 bits per heavy atom. The van der Waals surface area contributed by atoms with Crippen molar-refractivity contribution < 1.29 is 69.1 Å². The molecule has 2 amide bonds. The van der Waals surface area contributed by atoms with Gasteiger partial charge in [0.2, 0.25) is 5.91 Å². The number of rotatable bonds is 8. The summed E-state index contributed by atoms with van der Waals surface area (Å²) in [7, 11) is 0. The predicted molar refractivity (Wildman–Crippen MR) is 107 cm³/mol. The number of halogens is 1. The summed E-state index contributed by atoms with van der Waals surface area (Å²) < 4.78 is 5.25. The number of carbonyl (C=O) groups is 3. The van der Waals surface area contributed by atoms with E-state index in [0.717, 1.165) is 6.08 Å². The van der Waals surface area contributed by atoms with E-state index in [1.165, 1.54) is 24.3 Å². The van der Waals surface area contributed by atoms with Crippen molar-refractivity contribution in [1.82, 2.24) is 10.6 Å². The van der Waals surface area contributed by atoms with E-state index in [0.29, 0.717) is 5.02 Å². The molecule has 0 spiro atoms. The minimum atomic E-state index is -1.79. The normalized spacial score (nSPS) is 22.0. The Balaban J connectivity index is 0.00000512. The van der Waals surface area contributed by atoms with E-state index in [-0.39, 0.29) is 35.1 Å². The molecule has 12 heteroatoms. The van der Waals surface area contributed by atoms with Crippen LogP contribution in [0.4, 0.5) is 0 Å². The predicted octanol–water partition coefficient (Wildman–Crippen LogP) is -4.67. The number of hydrogen-bond acceptors (Lipinski definition) is 8. The number of aliphatic hydroxyl groups is 3. The summed E-state index contributed by atoms with van der Waals surface area (Å²) in [6, 6.07) is 3.55. The maximum absolute atomic E-state index is 12.7. The van der Waals surface area contributed by atoms with Gasteiger partial charge in [-0.05, 0) is 30.3 Å². The molecule has 0 saturated carbocycles. The van der Waals surface area contributed by atoms with Gasteiger partial charge >= 0.3 is 29.6 Å². The first kappa shape index (κ1) is 28.4. The third-order valence-corrected chi connectivity index (χ3v) is 4.94. The fourth-order valence-electron chi connectivity index (χ4n) is 2.93. The Bertz CT molecular complexity index is 849. The number of amides is 2. The van der Waals surface area contributed by atoms with Gasteiger partial charge in [0, 0.05) is 16.5 Å². The standard InChI is InChI=1S/C20H25ClN2O8.Na/c1-9(2)18(27)23-15-12(22-19(28)10-3-5-11(21)6-4-10)7-14(20(29)30)31-17(15)16(26)13(25)8-24;/h3-7,9,12-13,15-17,24-26H,8H2,1-2H3,(H,22,28)(H,23,27)(H,29,30);/q;+1/p-1/t12-,13+,15+,16+,17+;/m0./s1. The number of benzene rings is 1. The average Bonchev–Trinajstić information content (AvgIpc) is 2.73. The second-order valence-electron chi connectivity index (χ2n) is 7.34. The van der Waals surface area contributed by atoms with Crippen LogP contribution < -0.4 is 45.3 Å². The van der Waals surface area contributed by atoms with Crippen LogP contribution in [-0.2, 0) is 14.3 Å². The SMILES string of the molecule is CC(C)C(=O)N[C@H]1[C@H]([C@H](O)[C@H](O)CO)OC(C(=O)[O-])=C[C@@H]1NC(=O)c1ccc(Cl)cc1.[Na+]. The van der Waals surface area contributed by atoms with Gasteiger partial charge in [-0.2, -0.15) is 0 Å². The van der Waals surface area contributed by atoms with Crippen molar-refractivity contribution in [2.75, 3.05) is 6.61 Å². The largest absolute Gasteiger partial charge is 1.00 e. The third-order valence-electron chi connectivity index (χ3n) is 4.69. The number of carbonyl (C=O) groups excluding carboxylic acids is 3. The molecular formula is C20H24ClN2NaO8. The smallest absolute Gasteiger partial charge is 0.542 e. The van der Waals surface area contributed by atoms with Crippen molar-refractivity contribution in [1.29, 1.82) is 0 Å². The Labute approximate surface area is 211 Å². The van der Waals surface area contributed by atoms with Gasteiger partial charge in [-0.1, -0.05) is 25.4 Å². The number of nitrogens with one attached hydrogen (secondary N) is 2. The first-order chi connectivity index (χ1) is 14.5. The van der Waals surface area contributed by atoms with Crippen LogP contribution >= 0.6 is 11.6 Å². The monoisotopic (exact) mass is 478 g/mol. The molecule has 1 aliphatic heterocycles. The number of ether oxygens (including phenoxy) is 1. The van der Waals surface area contributed by atoms with Crippen molar-refractivity contribution in [3.8, 4) is 0 Å². The van der Waals surface area contributed by atoms with Crippen molar-refractivity contribution in [3.63, 3.8) is 0 Å². The molecule has 2 rings (SSSR count). The fourth-order valence-corrected chi connectivity index (χ4v) is 3.05. The van der Waals surface area contributed by atoms with Crippen molar-refractivity contribution in [2.45, 2.75) is 44.2 Å². The van der Waals surface area contributed by atoms with Gasteiger partial charge in [-0.3, -0.25) is 9.59 Å². The first-order valence-corrected chi connectivity index (χ1v) is 9.86. The Kier molecular flexibility index (Phi) is 11.1. The maximum atomic E-state index is 12.7. The second kappa shape index (κ2) is 12.5. The molecule has 5 atom stereocenters. The summed E-state index contributed by atoms with van der Waals surface area (Å²) in [4.78, 5) is 36.4. The van der Waals surface area contributed by atoms with E-state index in [1.807, 2.05) is 0 Å². The third kappa shape index (κ3) is 7.17. The van der Waals surface area contributed by atoms with Crippen molar-refractivity contribution >= 4 is 29.4 Å². The van der Waals surface area contributed by atoms with Gasteiger partial charge in [0.15, 0.2) is 0 Å². The van der Waals surface area contributed by atoms with E-state index < -0.39 is 66.5 Å². The summed E-state index contributed by atoms with van der Waals surface area (Å²) in [6.07, 6.45) is -3.97. The number of carboxylic acid groups (broad SMARTS) is 1. The molecule has 10 nitrogen and oxygen atoms in total. The molecule has 5 N–H and O–H groups in total. The van der Waals surface area contributed by atoms with E-state index in [9.17, 15) is 34.8 Å². The van der Waals surface area contributed by atoms with E-state index >= 15 is 0 Å². The molecule has 0 aromatic heterocycles. The molecular weight excluding hydrogens is 455 g/mol. The fraction of sp³-hybridized carbons (Fsp3) is 0.450. The van der Waals surface area contributed by atoms with Crippen LogP contribution in [0.5, 0.6) is 0 Å². The summed E-state index contributed by atoms with van der Waals surface area (Å²) in [6.45, 7) is 2.37. The number of carboxylic acids is 1. The summed E-state index contributed by atoms with van der Waals surface area (Å²) in [5, 5.41) is 46.4. The summed E-state index contributed by atoms with van der Waals surface area (Å²) in [5.41, 5.74) is 0.209. The molecule has 0 radical (unpaired) electrons. The van der Waals surface area contributed by atoms with Crippen molar-refractivity contribution in [2.24, 2.45) is 5.92 Å². The zero-order valence-corrected chi connectivity index (χ0v) is 20.6. The maximum Gasteiger partial charge on any atom is 1.00 e. The van der Waals surface area contributed by atoms with Crippen LogP contribution in [0.3, 0.4) is 0 Å². The minimum absolute atomic E-state index is 0. The Morgan fingerprint density at radius 2 is 1.75 bits per heavy atom. The van der Waals surface area contributed by atoms with Crippen LogP contribution in [0.2, 0.25) is 5.02 Å². The van der Waals surface area contributed by atoms with Crippen LogP contribution in [0, 0.1) is 5.92 Å². The van der Waals surface area contributed by atoms with Gasteiger partial charge in [-0.15, -0.1) is 0 Å². The quantitative estimate of drug-likeness (QED) is 0.232. The molecule has 0 unspecified atom stereocenters. The topological polar surface area (TPSA) is 168 Å². The van der Waals surface area contributed by atoms with E-state index in [4.69, 9.17) is 16.3 Å². The van der Waals surface area contributed by atoms with Crippen LogP contribution in [0.1, 0.15) is 24.2 Å². The number of hydrogen-bond donors (Lipinski definition) is 5. The molecule has 1 aliphatic rings. The van der Waals surface area contributed by atoms with Gasteiger partial charge < -0.3 is 40.6 Å². The molecule has 1 aromatic rings. The summed E-state index contributed by atoms with van der Waals surface area (Å²) >= 11 is 5.82. The molecule has 0 bridgehead atoms. The molecule has 32 heavy (non-hydrogen) atoms. The van der Waals surface area contributed by atoms with E-state index in [2.05, 4.69) is 10.6 Å². The minimum Gasteiger partial charge on any atom is -0.542 e. The molecule has 1 aromatic carbocycles. The van der Waals surface area contributed by atoms with Crippen LogP contribution in [0.15, 0.2) is 36.1 Å². The molecule has 0 fully saturated rings. The zero-order chi connectivity index (χ0) is 23.3. The average molecular weight is 479 g/mol. The molecule has 1 heterocycles. The number of aliphatic carboxylic acids is 1. The number of aliphatic hydroxyl groups excluding tert-OH is 3. The van der Waals surface area contributed by atoms with Crippen molar-refractivity contribution in [3.05, 3.63) is 46.7 Å².